The number of amides is 8. The number of nitrogens with one attached hydrogen (secondary N) is 6. The van der Waals surface area contributed by atoms with Crippen molar-refractivity contribution in [3.8, 4) is 5.75 Å². The van der Waals surface area contributed by atoms with Gasteiger partial charge in [-0.2, -0.15) is 11.8 Å². The molecule has 0 aliphatic carbocycles. The van der Waals surface area contributed by atoms with Gasteiger partial charge in [-0.15, -0.1) is 5.10 Å². The maximum Gasteiger partial charge on any atom is 0.304 e. The number of H-pyrrole nitrogens is 1. The highest BCUT2D eigenvalue weighted by molar-refractivity contribution is 7.99. The number of hydrogen-bond acceptors (Lipinski definition) is 24. The van der Waals surface area contributed by atoms with Crippen LogP contribution in [0, 0.1) is 29.6 Å². The normalized spacial score (nSPS) is 23.6. The average Bonchev–Trinajstić information content (AvgIpc) is 1.60. The quantitative estimate of drug-likeness (QED) is 0.0306. The largest absolute Gasteiger partial charge is 0.496 e. The summed E-state index contributed by atoms with van der Waals surface area (Å²) in [6.45, 7) is 7.46. The van der Waals surface area contributed by atoms with E-state index >= 15 is 9.00 Å². The number of nitrogens with two attached hydrogens (primary N) is 1. The summed E-state index contributed by atoms with van der Waals surface area (Å²) >= 11 is 1.57. The number of carbonyl (C=O) groups excluding carboxylic acids is 11. The van der Waals surface area contributed by atoms with Gasteiger partial charge in [-0.1, -0.05) is 39.3 Å². The predicted octanol–water partition coefficient (Wildman–Crippen LogP) is -1.85. The Morgan fingerprint density at radius 3 is 2.15 bits per heavy atom. The van der Waals surface area contributed by atoms with Crippen LogP contribution in [0.3, 0.4) is 0 Å². The molecule has 2 saturated heterocycles. The number of fused-ring (bicyclic) bond motifs is 5. The third-order valence-electron chi connectivity index (χ3n) is 19.2. The lowest BCUT2D eigenvalue weighted by molar-refractivity contribution is -0.144. The van der Waals surface area contributed by atoms with E-state index in [1.807, 2.05) is 0 Å². The Morgan fingerprint density at radius 1 is 0.827 bits per heavy atom. The smallest absolute Gasteiger partial charge is 0.304 e. The van der Waals surface area contributed by atoms with E-state index in [2.05, 4.69) is 41.9 Å². The van der Waals surface area contributed by atoms with Crippen molar-refractivity contribution in [1.29, 1.82) is 0 Å². The summed E-state index contributed by atoms with van der Waals surface area (Å²) in [5.74, 6) is -14.5. The third-order valence-corrected chi connectivity index (χ3v) is 22.0. The molecule has 2 aromatic heterocycles. The Hall–Kier alpha value is -7.84. The molecular formula is C68H100N12O22S2. The van der Waals surface area contributed by atoms with Crippen molar-refractivity contribution in [2.45, 2.75) is 164 Å². The van der Waals surface area contributed by atoms with E-state index < -0.39 is 200 Å². The van der Waals surface area contributed by atoms with Crippen molar-refractivity contribution in [2.75, 3.05) is 105 Å². The number of aromatic nitrogens is 4. The minimum absolute atomic E-state index is 0.0294. The van der Waals surface area contributed by atoms with E-state index in [4.69, 9.17) is 34.5 Å². The number of aliphatic hydroxyl groups excluding tert-OH is 3. The fourth-order valence-electron chi connectivity index (χ4n) is 12.9. The first-order valence-corrected chi connectivity index (χ1v) is 37.5. The van der Waals surface area contributed by atoms with Crippen LogP contribution in [0.15, 0.2) is 23.4 Å². The number of hydrogen-bond donors (Lipinski definition) is 11. The monoisotopic (exact) mass is 1500 g/mol. The van der Waals surface area contributed by atoms with Crippen LogP contribution >= 0.6 is 11.8 Å². The molecule has 2 fully saturated rings. The van der Waals surface area contributed by atoms with E-state index in [0.717, 1.165) is 4.90 Å². The third kappa shape index (κ3) is 24.4. The topological polar surface area (TPSA) is 488 Å². The Labute approximate surface area is 608 Å². The van der Waals surface area contributed by atoms with E-state index in [1.165, 1.54) is 14.0 Å². The van der Waals surface area contributed by atoms with E-state index in [1.54, 1.807) is 60.4 Å². The molecule has 0 spiro atoms. The number of thioether (sulfide) groups is 1. The van der Waals surface area contributed by atoms with Gasteiger partial charge in [0.15, 0.2) is 11.6 Å². The Balaban J connectivity index is 1.03. The standard InChI is InChI=1S/C68H100N12O22S2/c1-6-38(2)47-28-43(82)31-70-63(92)41-26-48-46-8-10-56(98-5)49(36-103-45-11-14-78(15-12-45)59(89)13-17-99-19-21-101-23-24-102-22-20-100-18-16-79-33-42(76-77-79)7-9-53(84)39(3)25-60(90)91)62(46)75-67(48)104(97)37-51(72-58(88)32-71-64(47)93)65(94)73-50(30-57(69)87)68(96)80-34-44(83)29-52(80)66(95)74-61(54(85)27-41)40(4)55(86)35-81/h8,10,33,38-41,44-45,47,50-52,55,61,75,81,83,86H,6-7,9,11-32,34-37H2,1-5H3,(H2,69,87)(H,70,92)(H,71,93)(H,72,88)(H,73,94)(H,74,95)(H,90,91)/t38-,39?,40-,41+,44+,47-,50-,51-,52-,55-,61-,104?/m0/s1. The maximum atomic E-state index is 15.5. The molecule has 4 aliphatic heterocycles. The number of likely N-dealkylation sites (tertiary alicyclic amines) is 1. The summed E-state index contributed by atoms with van der Waals surface area (Å²) in [5, 5.41) is 62.2. The number of primary amides is 1. The number of ether oxygens (including phenoxy) is 5. The second-order valence-electron chi connectivity index (χ2n) is 26.7. The molecule has 12 N–H and O–H groups in total. The van der Waals surface area contributed by atoms with Gasteiger partial charge in [0.1, 0.15) is 34.7 Å². The first kappa shape index (κ1) is 83.4. The highest BCUT2D eigenvalue weighted by Gasteiger charge is 2.45. The minimum atomic E-state index is -2.43. The molecule has 12 atom stereocenters. The second-order valence-corrected chi connectivity index (χ2v) is 29.4. The van der Waals surface area contributed by atoms with Crippen LogP contribution in [0.2, 0.25) is 0 Å². The summed E-state index contributed by atoms with van der Waals surface area (Å²) in [7, 11) is -0.972. The number of carboxylic acids is 1. The first-order valence-electron chi connectivity index (χ1n) is 35.2. The number of methoxy groups -OCH3 is 1. The molecule has 104 heavy (non-hydrogen) atoms. The van der Waals surface area contributed by atoms with Crippen LogP contribution in [-0.2, 0) is 112 Å². The number of piperidine rings is 1. The number of ketones is 3. The first-order chi connectivity index (χ1) is 49.7. The summed E-state index contributed by atoms with van der Waals surface area (Å²) in [6, 6.07) is -3.68. The number of Topliss-reactive ketones (excluding diaryl/α,β-unsaturated/α-hetero) is 3. The van der Waals surface area contributed by atoms with Crippen molar-refractivity contribution in [3.05, 3.63) is 35.2 Å². The van der Waals surface area contributed by atoms with Gasteiger partial charge < -0.3 is 91.2 Å². The molecule has 1 aromatic carbocycles. The van der Waals surface area contributed by atoms with Crippen molar-refractivity contribution in [3.63, 3.8) is 0 Å². The molecule has 0 radical (unpaired) electrons. The highest BCUT2D eigenvalue weighted by atomic mass is 32.2. The number of benzene rings is 1. The number of rotatable bonds is 32. The molecule has 36 heteroatoms. The SMILES string of the molecule is CC[C@H](C)[C@@H]1CC(=O)CNC(=O)[C@H]2CC(=O)[C@H]([C@@H](C)[C@@H](O)CO)NC(=O)[C@@H]3C[C@@H](O)CN3C(=O)[C@H](CC(N)=O)NC(=O)[C@H](CS(=O)c3[nH]c4c(CSC5CCN(C(=O)CCOCCOCCOCCOCCn6cc(CCC(=O)C(C)CC(=O)O)nn6)CC5)c(OC)ccc4c3C2)NC(=O)CNC1=O. The van der Waals surface area contributed by atoms with Gasteiger partial charge in [-0.3, -0.25) is 61.7 Å². The number of aryl methyl sites for hydroxylation is 1. The summed E-state index contributed by atoms with van der Waals surface area (Å²) in [4.78, 5) is 171. The minimum Gasteiger partial charge on any atom is -0.496 e. The highest BCUT2D eigenvalue weighted by Crippen LogP contribution is 2.39. The lowest BCUT2D eigenvalue weighted by atomic mass is 9.85. The van der Waals surface area contributed by atoms with E-state index in [9.17, 15) is 68.1 Å². The van der Waals surface area contributed by atoms with Gasteiger partial charge in [0, 0.05) is 104 Å². The number of carbonyl (C=O) groups is 12. The zero-order valence-electron chi connectivity index (χ0n) is 59.4. The molecule has 2 unspecified atom stereocenters. The molecular weight excluding hydrogens is 1400 g/mol. The van der Waals surface area contributed by atoms with Crippen LogP contribution in [-0.4, -0.2) is 272 Å². The second kappa shape index (κ2) is 41.2. The lowest BCUT2D eigenvalue weighted by Crippen LogP contribution is -2.60. The number of aromatic amines is 1. The van der Waals surface area contributed by atoms with E-state index in [-0.39, 0.29) is 72.4 Å². The predicted molar refractivity (Wildman–Crippen MR) is 373 cm³/mol. The van der Waals surface area contributed by atoms with Gasteiger partial charge in [0.2, 0.25) is 47.3 Å². The number of nitrogens with zero attached hydrogens (tertiary/aromatic N) is 5. The fourth-order valence-corrected chi connectivity index (χ4v) is 15.5. The Kier molecular flexibility index (Phi) is 33.0. The molecule has 576 valence electrons. The van der Waals surface area contributed by atoms with Gasteiger partial charge in [0.05, 0.1) is 151 Å². The molecule has 6 heterocycles. The number of aliphatic hydroxyl groups is 3. The van der Waals surface area contributed by atoms with Crippen molar-refractivity contribution >= 4 is 104 Å². The molecule has 7 rings (SSSR count). The zero-order chi connectivity index (χ0) is 75.7. The van der Waals surface area contributed by atoms with Gasteiger partial charge in [0.25, 0.3) is 0 Å². The summed E-state index contributed by atoms with van der Waals surface area (Å²) < 4.78 is 45.5. The van der Waals surface area contributed by atoms with Gasteiger partial charge >= 0.3 is 5.97 Å². The molecule has 0 saturated carbocycles. The maximum absolute atomic E-state index is 15.5. The van der Waals surface area contributed by atoms with Crippen molar-refractivity contribution < 1.29 is 106 Å². The summed E-state index contributed by atoms with van der Waals surface area (Å²) in [5.41, 5.74) is 7.39. The van der Waals surface area contributed by atoms with Crippen LogP contribution < -0.4 is 37.1 Å². The number of carboxylic acid groups (broad SMARTS) is 1. The molecule has 2 bridgehead atoms. The number of aliphatic carboxylic acids is 1. The average molecular weight is 1500 g/mol. The van der Waals surface area contributed by atoms with Crippen LogP contribution in [0.25, 0.3) is 10.9 Å². The Morgan fingerprint density at radius 2 is 1.50 bits per heavy atom. The molecule has 8 amide bonds. The van der Waals surface area contributed by atoms with Crippen molar-refractivity contribution in [1.82, 2.24) is 56.4 Å². The molecule has 3 aromatic rings. The zero-order valence-corrected chi connectivity index (χ0v) is 61.1. The van der Waals surface area contributed by atoms with Gasteiger partial charge in [-0.05, 0) is 42.9 Å². The van der Waals surface area contributed by atoms with Crippen LogP contribution in [0.4, 0.5) is 0 Å². The lowest BCUT2D eigenvalue weighted by Gasteiger charge is -2.32. The van der Waals surface area contributed by atoms with Gasteiger partial charge in [-0.25, -0.2) is 4.68 Å². The molecule has 34 nitrogen and oxygen atoms in total. The van der Waals surface area contributed by atoms with Crippen LogP contribution in [0.5, 0.6) is 5.75 Å². The molecule has 4 aliphatic rings. The fraction of sp³-hybridized carbons (Fsp3) is 0.676. The Bertz CT molecular complexity index is 3530. The summed E-state index contributed by atoms with van der Waals surface area (Å²) in [6.07, 6.45) is -1.98. The van der Waals surface area contributed by atoms with E-state index in [0.29, 0.717) is 106 Å². The van der Waals surface area contributed by atoms with Crippen LogP contribution in [0.1, 0.15) is 109 Å². The van der Waals surface area contributed by atoms with Crippen molar-refractivity contribution in [2.24, 2.45) is 35.3 Å².